The standard InChI is InChI=1S/C31H32F2N4O4S/c1-36-11-10-19-13-21(16-34-29(19)36)24-9-8-23(41-17-32)15-25(24)27-28(33)42-31(35-27)37(22-6-7-22)30(40)20(14-26(38)39)12-18-4-2-3-5-18/h8-11,13,15-16,18,20,22H,2-7,12,14,17H2,1H3,(H,38,39). The van der Waals surface area contributed by atoms with Crippen molar-refractivity contribution in [1.82, 2.24) is 14.5 Å². The third kappa shape index (κ3) is 5.74. The van der Waals surface area contributed by atoms with Crippen molar-refractivity contribution in [1.29, 1.82) is 0 Å². The Morgan fingerprint density at radius 2 is 1.95 bits per heavy atom. The van der Waals surface area contributed by atoms with E-state index >= 15 is 4.39 Å². The van der Waals surface area contributed by atoms with Gasteiger partial charge in [0.05, 0.1) is 6.42 Å². The first kappa shape index (κ1) is 28.3. The molecule has 2 fully saturated rings. The number of halogens is 2. The number of thiazole rings is 1. The van der Waals surface area contributed by atoms with Crippen LogP contribution in [-0.4, -0.2) is 44.4 Å². The lowest BCUT2D eigenvalue weighted by Crippen LogP contribution is -2.39. The Balaban J connectivity index is 1.39. The molecule has 42 heavy (non-hydrogen) atoms. The highest BCUT2D eigenvalue weighted by Crippen LogP contribution is 2.43. The quantitative estimate of drug-likeness (QED) is 0.201. The van der Waals surface area contributed by atoms with Gasteiger partial charge in [0.15, 0.2) is 5.13 Å². The van der Waals surface area contributed by atoms with Crippen LogP contribution in [0.25, 0.3) is 33.4 Å². The molecule has 2 aliphatic carbocycles. The van der Waals surface area contributed by atoms with Gasteiger partial charge in [0.2, 0.25) is 17.9 Å². The highest BCUT2D eigenvalue weighted by molar-refractivity contribution is 7.14. The zero-order valence-corrected chi connectivity index (χ0v) is 24.1. The smallest absolute Gasteiger partial charge is 0.304 e. The molecule has 3 aromatic heterocycles. The van der Waals surface area contributed by atoms with Crippen molar-refractivity contribution in [2.75, 3.05) is 11.8 Å². The number of hydrogen-bond acceptors (Lipinski definition) is 6. The van der Waals surface area contributed by atoms with Crippen LogP contribution in [0.1, 0.15) is 51.4 Å². The Morgan fingerprint density at radius 3 is 2.67 bits per heavy atom. The number of alkyl halides is 1. The summed E-state index contributed by atoms with van der Waals surface area (Å²) in [6.45, 7) is -1.04. The largest absolute Gasteiger partial charge is 0.481 e. The first-order valence-electron chi connectivity index (χ1n) is 14.3. The van der Waals surface area contributed by atoms with Crippen LogP contribution in [0.5, 0.6) is 5.75 Å². The van der Waals surface area contributed by atoms with Gasteiger partial charge in [0.25, 0.3) is 0 Å². The molecule has 1 aromatic carbocycles. The second-order valence-electron chi connectivity index (χ2n) is 11.3. The number of rotatable bonds is 11. The van der Waals surface area contributed by atoms with Crippen molar-refractivity contribution < 1.29 is 28.2 Å². The molecule has 8 nitrogen and oxygen atoms in total. The molecule has 0 radical (unpaired) electrons. The van der Waals surface area contributed by atoms with Crippen molar-refractivity contribution >= 4 is 39.4 Å². The molecule has 4 aromatic rings. The van der Waals surface area contributed by atoms with Gasteiger partial charge in [-0.2, -0.15) is 4.39 Å². The van der Waals surface area contributed by atoms with Crippen LogP contribution in [-0.2, 0) is 16.6 Å². The Bertz CT molecular complexity index is 1630. The summed E-state index contributed by atoms with van der Waals surface area (Å²) in [7, 11) is 1.90. The molecule has 1 unspecified atom stereocenters. The molecule has 3 heterocycles. The van der Waals surface area contributed by atoms with Crippen molar-refractivity contribution in [3.05, 3.63) is 47.9 Å². The van der Waals surface area contributed by atoms with E-state index in [-0.39, 0.29) is 34.9 Å². The molecule has 2 aliphatic rings. The van der Waals surface area contributed by atoms with E-state index in [0.29, 0.717) is 23.5 Å². The van der Waals surface area contributed by atoms with Crippen molar-refractivity contribution in [2.45, 2.75) is 57.4 Å². The maximum absolute atomic E-state index is 15.8. The summed E-state index contributed by atoms with van der Waals surface area (Å²) in [5, 5.41) is 10.1. The first-order valence-corrected chi connectivity index (χ1v) is 15.1. The van der Waals surface area contributed by atoms with Crippen molar-refractivity contribution in [3.8, 4) is 28.1 Å². The van der Waals surface area contributed by atoms with E-state index in [2.05, 4.69) is 9.97 Å². The van der Waals surface area contributed by atoms with Gasteiger partial charge < -0.3 is 14.4 Å². The summed E-state index contributed by atoms with van der Waals surface area (Å²) < 4.78 is 35.9. The second-order valence-corrected chi connectivity index (χ2v) is 12.2. The van der Waals surface area contributed by atoms with Gasteiger partial charge in [-0.15, -0.1) is 0 Å². The van der Waals surface area contributed by atoms with Crippen molar-refractivity contribution in [3.63, 3.8) is 0 Å². The predicted octanol–water partition coefficient (Wildman–Crippen LogP) is 6.98. The highest BCUT2D eigenvalue weighted by atomic mass is 32.1. The number of nitrogens with zero attached hydrogens (tertiary/aromatic N) is 4. The summed E-state index contributed by atoms with van der Waals surface area (Å²) in [6.07, 6.45) is 9.51. The van der Waals surface area contributed by atoms with E-state index in [0.717, 1.165) is 66.5 Å². The minimum absolute atomic E-state index is 0.0199. The summed E-state index contributed by atoms with van der Waals surface area (Å²) in [4.78, 5) is 36.4. The van der Waals surface area contributed by atoms with Crippen LogP contribution in [0.4, 0.5) is 13.9 Å². The van der Waals surface area contributed by atoms with E-state index in [1.165, 1.54) is 4.90 Å². The number of hydrogen-bond donors (Lipinski definition) is 1. The van der Waals surface area contributed by atoms with Gasteiger partial charge in [-0.05, 0) is 61.1 Å². The summed E-state index contributed by atoms with van der Waals surface area (Å²) >= 11 is 0.768. The van der Waals surface area contributed by atoms with Crippen LogP contribution in [0.2, 0.25) is 0 Å². The van der Waals surface area contributed by atoms with E-state index < -0.39 is 23.9 Å². The molecule has 0 saturated heterocycles. The average molecular weight is 595 g/mol. The molecule has 0 bridgehead atoms. The monoisotopic (exact) mass is 594 g/mol. The maximum Gasteiger partial charge on any atom is 0.304 e. The lowest BCUT2D eigenvalue weighted by Gasteiger charge is -2.26. The molecule has 0 aliphatic heterocycles. The van der Waals surface area contributed by atoms with Crippen molar-refractivity contribution in [2.24, 2.45) is 18.9 Å². The van der Waals surface area contributed by atoms with E-state index in [4.69, 9.17) is 4.74 Å². The average Bonchev–Trinajstić information content (AvgIpc) is 3.33. The molecular weight excluding hydrogens is 562 g/mol. The molecule has 11 heteroatoms. The fraction of sp³-hybridized carbons (Fsp3) is 0.419. The predicted molar refractivity (Wildman–Crippen MR) is 157 cm³/mol. The summed E-state index contributed by atoms with van der Waals surface area (Å²) in [5.74, 6) is -1.49. The molecule has 1 N–H and O–H groups in total. The lowest BCUT2D eigenvalue weighted by atomic mass is 9.90. The molecule has 220 valence electrons. The minimum Gasteiger partial charge on any atom is -0.481 e. The lowest BCUT2D eigenvalue weighted by molar-refractivity contribution is -0.141. The molecule has 1 amide bonds. The fourth-order valence-electron chi connectivity index (χ4n) is 6.08. The van der Waals surface area contributed by atoms with Gasteiger partial charge in [-0.3, -0.25) is 14.5 Å². The van der Waals surface area contributed by atoms with Gasteiger partial charge in [-0.1, -0.05) is 37.0 Å². The first-order chi connectivity index (χ1) is 20.3. The number of amides is 1. The van der Waals surface area contributed by atoms with Crippen LogP contribution in [0.3, 0.4) is 0 Å². The topological polar surface area (TPSA) is 97.6 Å². The number of carbonyl (C=O) groups is 2. The van der Waals surface area contributed by atoms with Crippen LogP contribution in [0.15, 0.2) is 42.7 Å². The van der Waals surface area contributed by atoms with Gasteiger partial charge in [0.1, 0.15) is 17.1 Å². The Labute approximate surface area is 246 Å². The Kier molecular flexibility index (Phi) is 7.94. The van der Waals surface area contributed by atoms with E-state index in [1.54, 1.807) is 24.4 Å². The molecule has 0 spiro atoms. The summed E-state index contributed by atoms with van der Waals surface area (Å²) in [6, 6.07) is 8.62. The number of carboxylic acid groups (broad SMARTS) is 1. The zero-order chi connectivity index (χ0) is 29.4. The number of aromatic nitrogens is 3. The third-order valence-corrected chi connectivity index (χ3v) is 9.12. The third-order valence-electron chi connectivity index (χ3n) is 8.28. The number of fused-ring (bicyclic) bond motifs is 1. The van der Waals surface area contributed by atoms with Crippen LogP contribution >= 0.6 is 11.3 Å². The zero-order valence-electron chi connectivity index (χ0n) is 23.3. The maximum atomic E-state index is 15.8. The van der Waals surface area contributed by atoms with E-state index in [9.17, 15) is 19.1 Å². The number of aliphatic carboxylic acids is 1. The molecule has 6 rings (SSSR count). The molecular formula is C31H32F2N4O4S. The number of aryl methyl sites for hydroxylation is 1. The Morgan fingerprint density at radius 1 is 1.17 bits per heavy atom. The number of pyridine rings is 1. The summed E-state index contributed by atoms with van der Waals surface area (Å²) in [5.41, 5.74) is 2.55. The number of anilines is 1. The van der Waals surface area contributed by atoms with Crippen LogP contribution in [0, 0.1) is 17.0 Å². The second kappa shape index (κ2) is 11.8. The molecule has 2 saturated carbocycles. The number of carbonyl (C=O) groups excluding carboxylic acids is 1. The van der Waals surface area contributed by atoms with Gasteiger partial charge in [-0.25, -0.2) is 14.4 Å². The van der Waals surface area contributed by atoms with Gasteiger partial charge >= 0.3 is 5.97 Å². The number of carboxylic acids is 1. The Hall–Kier alpha value is -3.86. The number of ether oxygens (including phenoxy) is 1. The normalized spacial score (nSPS) is 16.2. The molecule has 1 atom stereocenters. The van der Waals surface area contributed by atoms with Crippen LogP contribution < -0.4 is 9.64 Å². The highest BCUT2D eigenvalue weighted by Gasteiger charge is 2.40. The fourth-order valence-corrected chi connectivity index (χ4v) is 6.96. The SMILES string of the molecule is Cn1ccc2cc(-c3ccc(OCF)cc3-c3nc(N(C(=O)C(CC(=O)O)CC4CCCC4)C4CC4)sc3F)cnc21. The van der Waals surface area contributed by atoms with Gasteiger partial charge in [0, 0.05) is 47.9 Å². The number of benzene rings is 1. The van der Waals surface area contributed by atoms with E-state index in [1.807, 2.05) is 29.9 Å². The minimum atomic E-state index is -1.04.